The Balaban J connectivity index is 1.93. The Hall–Kier alpha value is -0.120. The van der Waals surface area contributed by atoms with Gasteiger partial charge >= 0.3 is 0 Å². The molecule has 0 amide bonds. The molecule has 78 valence electrons. The Morgan fingerprint density at radius 2 is 2.31 bits per heavy atom. The van der Waals surface area contributed by atoms with E-state index >= 15 is 0 Å². The molecular weight excluding hydrogens is 164 g/mol. The van der Waals surface area contributed by atoms with Crippen LogP contribution in [0.15, 0.2) is 0 Å². The van der Waals surface area contributed by atoms with Crippen LogP contribution < -0.4 is 11.1 Å². The summed E-state index contributed by atoms with van der Waals surface area (Å²) < 4.78 is 5.25. The Labute approximate surface area is 81.0 Å². The summed E-state index contributed by atoms with van der Waals surface area (Å²) in [6, 6.07) is 0.939. The second-order valence-electron chi connectivity index (χ2n) is 3.71. The first-order chi connectivity index (χ1) is 6.34. The number of rotatable bonds is 6. The molecule has 2 atom stereocenters. The Bertz CT molecular complexity index is 130. The second-order valence-corrected chi connectivity index (χ2v) is 3.71. The summed E-state index contributed by atoms with van der Waals surface area (Å²) in [5, 5.41) is 3.49. The van der Waals surface area contributed by atoms with Gasteiger partial charge in [-0.15, -0.1) is 0 Å². The lowest BCUT2D eigenvalue weighted by Crippen LogP contribution is -2.41. The summed E-state index contributed by atoms with van der Waals surface area (Å²) in [7, 11) is 0. The van der Waals surface area contributed by atoms with Crippen molar-refractivity contribution in [2.75, 3.05) is 19.8 Å². The number of ether oxygens (including phenoxy) is 1. The third-order valence-corrected chi connectivity index (χ3v) is 2.65. The largest absolute Gasteiger partial charge is 0.382 e. The molecule has 1 rings (SSSR count). The molecule has 3 N–H and O–H groups in total. The monoisotopic (exact) mass is 186 g/mol. The molecule has 1 fully saturated rings. The third-order valence-electron chi connectivity index (χ3n) is 2.65. The quantitative estimate of drug-likeness (QED) is 0.605. The Morgan fingerprint density at radius 1 is 1.46 bits per heavy atom. The molecule has 0 spiro atoms. The van der Waals surface area contributed by atoms with Crippen molar-refractivity contribution >= 4 is 0 Å². The predicted octanol–water partition coefficient (Wildman–Crippen LogP) is 0.882. The van der Waals surface area contributed by atoms with E-state index in [1.165, 1.54) is 19.3 Å². The first-order valence-corrected chi connectivity index (χ1v) is 5.41. The average molecular weight is 186 g/mol. The minimum atomic E-state index is 0.382. The van der Waals surface area contributed by atoms with Gasteiger partial charge in [0.2, 0.25) is 0 Å². The Kier molecular flexibility index (Phi) is 5.35. The van der Waals surface area contributed by atoms with Crippen molar-refractivity contribution in [1.29, 1.82) is 0 Å². The molecule has 3 heteroatoms. The zero-order chi connectivity index (χ0) is 9.52. The number of hydrogen-bond acceptors (Lipinski definition) is 3. The fraction of sp³-hybridized carbons (Fsp3) is 1.00. The van der Waals surface area contributed by atoms with Gasteiger partial charge in [0.05, 0.1) is 0 Å². The smallest absolute Gasteiger partial charge is 0.0477 e. The molecule has 0 unspecified atom stereocenters. The highest BCUT2D eigenvalue weighted by Crippen LogP contribution is 2.16. The van der Waals surface area contributed by atoms with Crippen LogP contribution >= 0.6 is 0 Å². The molecular formula is C10H22N2O. The normalized spacial score (nSPS) is 28.2. The molecule has 0 radical (unpaired) electrons. The molecule has 0 aromatic heterocycles. The summed E-state index contributed by atoms with van der Waals surface area (Å²) in [4.78, 5) is 0. The lowest BCUT2D eigenvalue weighted by atomic mass is 10.2. The highest BCUT2D eigenvalue weighted by atomic mass is 16.5. The summed E-state index contributed by atoms with van der Waals surface area (Å²) in [5.74, 6) is 0. The van der Waals surface area contributed by atoms with Gasteiger partial charge in [-0.25, -0.2) is 0 Å². The van der Waals surface area contributed by atoms with Crippen LogP contribution in [-0.2, 0) is 4.74 Å². The minimum absolute atomic E-state index is 0.382. The lowest BCUT2D eigenvalue weighted by Gasteiger charge is -2.16. The van der Waals surface area contributed by atoms with Crippen molar-refractivity contribution < 1.29 is 4.74 Å². The molecule has 0 aromatic rings. The van der Waals surface area contributed by atoms with Gasteiger partial charge in [0.25, 0.3) is 0 Å². The molecule has 0 heterocycles. The molecule has 1 saturated carbocycles. The van der Waals surface area contributed by atoms with Crippen molar-refractivity contribution in [1.82, 2.24) is 5.32 Å². The van der Waals surface area contributed by atoms with Crippen LogP contribution in [0.4, 0.5) is 0 Å². The molecule has 0 saturated heterocycles. The lowest BCUT2D eigenvalue weighted by molar-refractivity contribution is 0.144. The van der Waals surface area contributed by atoms with E-state index in [-0.39, 0.29) is 0 Å². The standard InChI is InChI=1S/C10H22N2O/c1-2-13-8-4-7-12-10-6-3-5-9(10)11/h9-10,12H,2-8,11H2,1H3/t9-,10+/m0/s1. The van der Waals surface area contributed by atoms with Gasteiger partial charge in [-0.1, -0.05) is 6.42 Å². The van der Waals surface area contributed by atoms with E-state index in [0.29, 0.717) is 12.1 Å². The van der Waals surface area contributed by atoms with Crippen LogP contribution in [0, 0.1) is 0 Å². The summed E-state index contributed by atoms with van der Waals surface area (Å²) in [6.07, 6.45) is 4.81. The van der Waals surface area contributed by atoms with E-state index in [4.69, 9.17) is 10.5 Å². The van der Waals surface area contributed by atoms with Crippen LogP contribution in [0.1, 0.15) is 32.6 Å². The third kappa shape index (κ3) is 4.07. The number of nitrogens with one attached hydrogen (secondary N) is 1. The SMILES string of the molecule is CCOCCCN[C@@H]1CCC[C@@H]1N. The summed E-state index contributed by atoms with van der Waals surface area (Å²) in [6.45, 7) is 4.76. The topological polar surface area (TPSA) is 47.3 Å². The molecule has 0 bridgehead atoms. The first kappa shape index (κ1) is 11.0. The summed E-state index contributed by atoms with van der Waals surface area (Å²) in [5.41, 5.74) is 5.93. The van der Waals surface area contributed by atoms with E-state index in [2.05, 4.69) is 5.32 Å². The molecule has 1 aliphatic rings. The van der Waals surface area contributed by atoms with E-state index in [1.807, 2.05) is 6.92 Å². The molecule has 3 nitrogen and oxygen atoms in total. The maximum atomic E-state index is 5.93. The highest BCUT2D eigenvalue weighted by molar-refractivity contribution is 4.85. The zero-order valence-corrected chi connectivity index (χ0v) is 8.59. The minimum Gasteiger partial charge on any atom is -0.382 e. The maximum Gasteiger partial charge on any atom is 0.0477 e. The van der Waals surface area contributed by atoms with Crippen LogP contribution in [-0.4, -0.2) is 31.8 Å². The van der Waals surface area contributed by atoms with E-state index in [9.17, 15) is 0 Å². The number of nitrogens with two attached hydrogens (primary N) is 1. The second kappa shape index (κ2) is 6.35. The van der Waals surface area contributed by atoms with Gasteiger partial charge < -0.3 is 15.8 Å². The van der Waals surface area contributed by atoms with Gasteiger partial charge in [-0.3, -0.25) is 0 Å². The maximum absolute atomic E-state index is 5.93. The van der Waals surface area contributed by atoms with Gasteiger partial charge in [0, 0.05) is 25.3 Å². The van der Waals surface area contributed by atoms with Gasteiger partial charge in [-0.2, -0.15) is 0 Å². The molecule has 1 aliphatic carbocycles. The first-order valence-electron chi connectivity index (χ1n) is 5.41. The van der Waals surface area contributed by atoms with E-state index < -0.39 is 0 Å². The summed E-state index contributed by atoms with van der Waals surface area (Å²) >= 11 is 0. The van der Waals surface area contributed by atoms with Gasteiger partial charge in [0.15, 0.2) is 0 Å². The average Bonchev–Trinajstić information content (AvgIpc) is 2.52. The Morgan fingerprint density at radius 3 is 2.92 bits per heavy atom. The zero-order valence-electron chi connectivity index (χ0n) is 8.59. The van der Waals surface area contributed by atoms with Crippen LogP contribution in [0.2, 0.25) is 0 Å². The van der Waals surface area contributed by atoms with Gasteiger partial charge in [0.1, 0.15) is 0 Å². The fourth-order valence-electron chi connectivity index (χ4n) is 1.85. The van der Waals surface area contributed by atoms with Crippen molar-refractivity contribution in [3.8, 4) is 0 Å². The van der Waals surface area contributed by atoms with E-state index in [1.54, 1.807) is 0 Å². The van der Waals surface area contributed by atoms with Crippen LogP contribution in [0.5, 0.6) is 0 Å². The molecule has 13 heavy (non-hydrogen) atoms. The predicted molar refractivity (Wildman–Crippen MR) is 54.7 cm³/mol. The van der Waals surface area contributed by atoms with Crippen LogP contribution in [0.25, 0.3) is 0 Å². The van der Waals surface area contributed by atoms with E-state index in [0.717, 1.165) is 26.2 Å². The van der Waals surface area contributed by atoms with Gasteiger partial charge in [-0.05, 0) is 32.7 Å². The fourth-order valence-corrected chi connectivity index (χ4v) is 1.85. The van der Waals surface area contributed by atoms with Crippen molar-refractivity contribution in [2.24, 2.45) is 5.73 Å². The van der Waals surface area contributed by atoms with Crippen molar-refractivity contribution in [3.63, 3.8) is 0 Å². The van der Waals surface area contributed by atoms with Crippen molar-refractivity contribution in [3.05, 3.63) is 0 Å². The van der Waals surface area contributed by atoms with Crippen LogP contribution in [0.3, 0.4) is 0 Å². The highest BCUT2D eigenvalue weighted by Gasteiger charge is 2.22. The molecule has 0 aromatic carbocycles. The van der Waals surface area contributed by atoms with Crippen molar-refractivity contribution in [2.45, 2.75) is 44.7 Å². The number of hydrogen-bond donors (Lipinski definition) is 2. The molecule has 0 aliphatic heterocycles.